The van der Waals surface area contributed by atoms with Gasteiger partial charge in [0.25, 0.3) is 5.91 Å². The van der Waals surface area contributed by atoms with Crippen molar-refractivity contribution in [3.63, 3.8) is 0 Å². The Labute approximate surface area is 108 Å². The number of rotatable bonds is 5. The summed E-state index contributed by atoms with van der Waals surface area (Å²) in [7, 11) is 0. The number of hydrogen-bond donors (Lipinski definition) is 2. The third-order valence-corrected chi connectivity index (χ3v) is 2.20. The van der Waals surface area contributed by atoms with Gasteiger partial charge < -0.3 is 11.1 Å². The van der Waals surface area contributed by atoms with Crippen molar-refractivity contribution >= 4 is 18.3 Å². The molecule has 3 N–H and O–H groups in total. The molecule has 0 saturated carbocycles. The topological polar surface area (TPSA) is 80.9 Å². The van der Waals surface area contributed by atoms with E-state index in [1.165, 1.54) is 6.33 Å². The number of carbonyl (C=O) groups is 1. The Morgan fingerprint density at radius 1 is 1.53 bits per heavy atom. The minimum absolute atomic E-state index is 0. The molecule has 0 unspecified atom stereocenters. The zero-order chi connectivity index (χ0) is 12.0. The average molecular weight is 259 g/mol. The molecule has 1 aromatic rings. The van der Waals surface area contributed by atoms with E-state index in [-0.39, 0.29) is 24.2 Å². The van der Waals surface area contributed by atoms with Crippen LogP contribution >= 0.6 is 12.4 Å². The molecule has 0 spiro atoms. The van der Waals surface area contributed by atoms with Crippen molar-refractivity contribution in [3.8, 4) is 0 Å². The highest BCUT2D eigenvalue weighted by Crippen LogP contribution is 2.14. The van der Waals surface area contributed by atoms with Gasteiger partial charge >= 0.3 is 0 Å². The van der Waals surface area contributed by atoms with Crippen molar-refractivity contribution < 1.29 is 4.79 Å². The maximum Gasteiger partial charge on any atom is 0.254 e. The highest BCUT2D eigenvalue weighted by molar-refractivity contribution is 5.95. The highest BCUT2D eigenvalue weighted by atomic mass is 35.5. The minimum atomic E-state index is -0.127. The lowest BCUT2D eigenvalue weighted by Gasteiger charge is -2.10. The summed E-state index contributed by atoms with van der Waals surface area (Å²) < 4.78 is 0. The van der Waals surface area contributed by atoms with Gasteiger partial charge in [0.2, 0.25) is 0 Å². The van der Waals surface area contributed by atoms with Gasteiger partial charge in [-0.2, -0.15) is 0 Å². The van der Waals surface area contributed by atoms with Crippen molar-refractivity contribution in [2.24, 2.45) is 5.73 Å². The SMILES string of the molecule is CC(C)c1ncncc1C(=O)NCCCN.Cl. The Morgan fingerprint density at radius 2 is 2.24 bits per heavy atom. The molecule has 1 aromatic heterocycles. The van der Waals surface area contributed by atoms with Gasteiger partial charge in [0, 0.05) is 12.7 Å². The smallest absolute Gasteiger partial charge is 0.254 e. The third-order valence-electron chi connectivity index (χ3n) is 2.20. The van der Waals surface area contributed by atoms with E-state index < -0.39 is 0 Å². The van der Waals surface area contributed by atoms with Crippen LogP contribution in [0.2, 0.25) is 0 Å². The summed E-state index contributed by atoms with van der Waals surface area (Å²) >= 11 is 0. The summed E-state index contributed by atoms with van der Waals surface area (Å²) in [6.45, 7) is 5.16. The number of halogens is 1. The zero-order valence-electron chi connectivity index (χ0n) is 10.1. The lowest BCUT2D eigenvalue weighted by atomic mass is 10.0. The van der Waals surface area contributed by atoms with Gasteiger partial charge in [0.05, 0.1) is 11.3 Å². The quantitative estimate of drug-likeness (QED) is 0.775. The first-order chi connectivity index (χ1) is 7.66. The zero-order valence-corrected chi connectivity index (χ0v) is 11.0. The lowest BCUT2D eigenvalue weighted by molar-refractivity contribution is 0.0951. The fraction of sp³-hybridized carbons (Fsp3) is 0.545. The molecule has 17 heavy (non-hydrogen) atoms. The summed E-state index contributed by atoms with van der Waals surface area (Å²) in [6.07, 6.45) is 3.79. The molecule has 96 valence electrons. The second-order valence-electron chi connectivity index (χ2n) is 3.87. The van der Waals surface area contributed by atoms with Gasteiger partial charge in [-0.1, -0.05) is 13.8 Å². The molecule has 0 aromatic carbocycles. The predicted molar refractivity (Wildman–Crippen MR) is 69.4 cm³/mol. The fourth-order valence-electron chi connectivity index (χ4n) is 1.37. The number of carbonyl (C=O) groups excluding carboxylic acids is 1. The molecule has 0 radical (unpaired) electrons. The Hall–Kier alpha value is -1.20. The molecule has 1 rings (SSSR count). The predicted octanol–water partition coefficient (Wildman–Crippen LogP) is 1.10. The first kappa shape index (κ1) is 15.8. The summed E-state index contributed by atoms with van der Waals surface area (Å²) in [6, 6.07) is 0. The van der Waals surface area contributed by atoms with E-state index in [9.17, 15) is 4.79 Å². The van der Waals surface area contributed by atoms with E-state index >= 15 is 0 Å². The van der Waals surface area contributed by atoms with Gasteiger partial charge in [0.1, 0.15) is 6.33 Å². The Kier molecular flexibility index (Phi) is 7.41. The van der Waals surface area contributed by atoms with Crippen LogP contribution in [0, 0.1) is 0 Å². The monoisotopic (exact) mass is 258 g/mol. The van der Waals surface area contributed by atoms with E-state index in [4.69, 9.17) is 5.73 Å². The fourth-order valence-corrected chi connectivity index (χ4v) is 1.37. The Bertz CT molecular complexity index is 357. The van der Waals surface area contributed by atoms with Crippen LogP contribution in [0.15, 0.2) is 12.5 Å². The van der Waals surface area contributed by atoms with Crippen LogP contribution in [0.25, 0.3) is 0 Å². The van der Waals surface area contributed by atoms with Gasteiger partial charge in [-0.05, 0) is 18.9 Å². The van der Waals surface area contributed by atoms with Crippen molar-refractivity contribution in [1.82, 2.24) is 15.3 Å². The molecule has 0 aliphatic heterocycles. The maximum absolute atomic E-state index is 11.8. The minimum Gasteiger partial charge on any atom is -0.352 e. The Morgan fingerprint density at radius 3 is 2.82 bits per heavy atom. The van der Waals surface area contributed by atoms with Crippen LogP contribution in [0.4, 0.5) is 0 Å². The van der Waals surface area contributed by atoms with E-state index in [1.807, 2.05) is 13.8 Å². The van der Waals surface area contributed by atoms with Crippen LogP contribution in [-0.4, -0.2) is 29.0 Å². The summed E-state index contributed by atoms with van der Waals surface area (Å²) in [4.78, 5) is 19.8. The molecule has 6 heteroatoms. The highest BCUT2D eigenvalue weighted by Gasteiger charge is 2.14. The van der Waals surface area contributed by atoms with E-state index in [2.05, 4.69) is 15.3 Å². The molecule has 0 aliphatic carbocycles. The molecular weight excluding hydrogens is 240 g/mol. The molecule has 0 bridgehead atoms. The van der Waals surface area contributed by atoms with Crippen LogP contribution in [0.1, 0.15) is 42.2 Å². The standard InChI is InChI=1S/C11H18N4O.ClH/c1-8(2)10-9(6-13-7-15-10)11(16)14-5-3-4-12;/h6-8H,3-5,12H2,1-2H3,(H,14,16);1H. The molecule has 1 heterocycles. The summed E-state index contributed by atoms with van der Waals surface area (Å²) in [5, 5.41) is 2.80. The molecule has 5 nitrogen and oxygen atoms in total. The number of hydrogen-bond acceptors (Lipinski definition) is 4. The number of nitrogens with one attached hydrogen (secondary N) is 1. The third kappa shape index (κ3) is 4.66. The van der Waals surface area contributed by atoms with Crippen LogP contribution in [0.5, 0.6) is 0 Å². The van der Waals surface area contributed by atoms with Gasteiger partial charge in [0.15, 0.2) is 0 Å². The first-order valence-corrected chi connectivity index (χ1v) is 5.45. The molecular formula is C11H19ClN4O. The normalized spacial score (nSPS) is 9.88. The van der Waals surface area contributed by atoms with Gasteiger partial charge in [-0.15, -0.1) is 12.4 Å². The largest absolute Gasteiger partial charge is 0.352 e. The number of nitrogens with two attached hydrogens (primary N) is 1. The molecule has 0 fully saturated rings. The van der Waals surface area contributed by atoms with E-state index in [0.29, 0.717) is 18.7 Å². The van der Waals surface area contributed by atoms with Gasteiger partial charge in [-0.25, -0.2) is 9.97 Å². The average Bonchev–Trinajstić information content (AvgIpc) is 2.29. The van der Waals surface area contributed by atoms with Crippen LogP contribution in [-0.2, 0) is 0 Å². The molecule has 0 aliphatic rings. The van der Waals surface area contributed by atoms with Crippen LogP contribution < -0.4 is 11.1 Å². The lowest BCUT2D eigenvalue weighted by Crippen LogP contribution is -2.27. The first-order valence-electron chi connectivity index (χ1n) is 5.45. The summed E-state index contributed by atoms with van der Waals surface area (Å²) in [5.74, 6) is 0.0796. The molecule has 0 atom stereocenters. The van der Waals surface area contributed by atoms with Crippen molar-refractivity contribution in [2.75, 3.05) is 13.1 Å². The van der Waals surface area contributed by atoms with Crippen molar-refractivity contribution in [1.29, 1.82) is 0 Å². The second-order valence-corrected chi connectivity index (χ2v) is 3.87. The second kappa shape index (κ2) is 7.97. The maximum atomic E-state index is 11.8. The van der Waals surface area contributed by atoms with E-state index in [0.717, 1.165) is 12.1 Å². The number of aromatic nitrogens is 2. The van der Waals surface area contributed by atoms with Crippen molar-refractivity contribution in [3.05, 3.63) is 23.8 Å². The number of amides is 1. The van der Waals surface area contributed by atoms with Crippen LogP contribution in [0.3, 0.4) is 0 Å². The van der Waals surface area contributed by atoms with Gasteiger partial charge in [-0.3, -0.25) is 4.79 Å². The molecule has 0 saturated heterocycles. The number of nitrogens with zero attached hydrogens (tertiary/aromatic N) is 2. The van der Waals surface area contributed by atoms with E-state index in [1.54, 1.807) is 6.20 Å². The molecule has 1 amide bonds. The van der Waals surface area contributed by atoms with Crippen molar-refractivity contribution in [2.45, 2.75) is 26.2 Å². The Balaban J connectivity index is 0.00000256. The summed E-state index contributed by atoms with van der Waals surface area (Å²) in [5.41, 5.74) is 6.68.